The Morgan fingerprint density at radius 2 is 1.90 bits per heavy atom. The number of rotatable bonds is 9. The summed E-state index contributed by atoms with van der Waals surface area (Å²) in [5.41, 5.74) is 2.97. The van der Waals surface area contributed by atoms with Gasteiger partial charge in [-0.15, -0.1) is 0 Å². The molecule has 0 saturated heterocycles. The van der Waals surface area contributed by atoms with Crippen molar-refractivity contribution in [2.24, 2.45) is 5.41 Å². The second kappa shape index (κ2) is 13.0. The Kier molecular flexibility index (Phi) is 9.64. The second-order valence-corrected chi connectivity index (χ2v) is 11.9. The van der Waals surface area contributed by atoms with Crippen LogP contribution in [0.3, 0.4) is 0 Å². The fourth-order valence-electron chi connectivity index (χ4n) is 5.58. The Morgan fingerprint density at radius 1 is 1.15 bits per heavy atom. The van der Waals surface area contributed by atoms with Crippen molar-refractivity contribution >= 4 is 41.2 Å². The average Bonchev–Trinajstić information content (AvgIpc) is 2.96. The Balaban J connectivity index is 1.56. The van der Waals surface area contributed by atoms with Gasteiger partial charge in [-0.2, -0.15) is 0 Å². The van der Waals surface area contributed by atoms with Crippen molar-refractivity contribution in [2.75, 3.05) is 13.6 Å². The lowest BCUT2D eigenvalue weighted by atomic mass is 9.62. The number of likely N-dealkylation sites (N-methyl/N-ethyl adjacent to an activating group) is 1. The normalized spacial score (nSPS) is 21.3. The highest BCUT2D eigenvalue weighted by Gasteiger charge is 2.44. The summed E-state index contributed by atoms with van der Waals surface area (Å²) in [7, 11) is 1.79. The molecule has 4 atom stereocenters. The number of halogens is 2. The van der Waals surface area contributed by atoms with Crippen LogP contribution in [0.4, 0.5) is 0 Å². The van der Waals surface area contributed by atoms with Gasteiger partial charge in [0.25, 0.3) is 5.91 Å². The Hall–Kier alpha value is -3.22. The van der Waals surface area contributed by atoms with Crippen molar-refractivity contribution in [3.8, 4) is 0 Å². The Bertz CT molecular complexity index is 1350. The van der Waals surface area contributed by atoms with E-state index in [0.717, 1.165) is 23.2 Å². The maximum Gasteiger partial charge on any atom is 0.253 e. The molecule has 2 aromatic carbocycles. The van der Waals surface area contributed by atoms with E-state index in [1.807, 2.05) is 61.5 Å². The number of carbonyl (C=O) groups excluding carboxylic acids is 2. The molecule has 0 radical (unpaired) electrons. The van der Waals surface area contributed by atoms with Gasteiger partial charge in [-0.05, 0) is 85.5 Å². The van der Waals surface area contributed by atoms with E-state index in [2.05, 4.69) is 10.3 Å². The zero-order valence-electron chi connectivity index (χ0n) is 23.2. The maximum atomic E-state index is 13.2. The van der Waals surface area contributed by atoms with Crippen molar-refractivity contribution in [1.82, 2.24) is 15.2 Å². The molecule has 3 aromatic rings. The van der Waals surface area contributed by atoms with Crippen LogP contribution in [0, 0.1) is 10.8 Å². The van der Waals surface area contributed by atoms with Gasteiger partial charge in [-0.3, -0.25) is 14.6 Å². The molecule has 1 aliphatic rings. The van der Waals surface area contributed by atoms with Crippen molar-refractivity contribution in [3.63, 3.8) is 0 Å². The SMILES string of the molecule is C[C@H](C=N)NC(=O)[C@]1(C)CC[C@@H](c2ccc(C(=O)N(C)CCc3ccccn3)cc2Cl)[C@H](c2ccc(Cl)cc2)C1. The van der Waals surface area contributed by atoms with Crippen LogP contribution < -0.4 is 5.32 Å². The number of pyridine rings is 1. The molecule has 1 heterocycles. The smallest absolute Gasteiger partial charge is 0.253 e. The first-order valence-electron chi connectivity index (χ1n) is 13.6. The molecule has 4 rings (SSSR count). The number of amides is 2. The fourth-order valence-corrected chi connectivity index (χ4v) is 6.02. The van der Waals surface area contributed by atoms with Crippen LogP contribution in [0.25, 0.3) is 0 Å². The zero-order chi connectivity index (χ0) is 28.9. The first kappa shape index (κ1) is 29.8. The predicted octanol–water partition coefficient (Wildman–Crippen LogP) is 6.91. The Labute approximate surface area is 246 Å². The number of aromatic nitrogens is 1. The molecule has 6 nitrogen and oxygen atoms in total. The second-order valence-electron chi connectivity index (χ2n) is 11.0. The van der Waals surface area contributed by atoms with Crippen molar-refractivity contribution < 1.29 is 9.59 Å². The summed E-state index contributed by atoms with van der Waals surface area (Å²) < 4.78 is 0. The lowest BCUT2D eigenvalue weighted by Crippen LogP contribution is -2.46. The van der Waals surface area contributed by atoms with Crippen LogP contribution in [0.2, 0.25) is 10.0 Å². The molecule has 1 saturated carbocycles. The van der Waals surface area contributed by atoms with E-state index in [1.54, 1.807) is 31.1 Å². The quantitative estimate of drug-likeness (QED) is 0.270. The van der Waals surface area contributed by atoms with Crippen LogP contribution >= 0.6 is 23.2 Å². The van der Waals surface area contributed by atoms with Gasteiger partial charge in [-0.1, -0.05) is 54.4 Å². The zero-order valence-corrected chi connectivity index (χ0v) is 24.7. The number of benzene rings is 2. The highest BCUT2D eigenvalue weighted by Crippen LogP contribution is 2.52. The van der Waals surface area contributed by atoms with Crippen LogP contribution in [0.5, 0.6) is 0 Å². The van der Waals surface area contributed by atoms with Crippen LogP contribution in [0.15, 0.2) is 66.9 Å². The number of nitrogens with one attached hydrogen (secondary N) is 2. The molecule has 0 unspecified atom stereocenters. The molecule has 0 spiro atoms. The number of hydrogen-bond acceptors (Lipinski definition) is 4. The van der Waals surface area contributed by atoms with Crippen molar-refractivity contribution in [3.05, 3.63) is 99.3 Å². The minimum absolute atomic E-state index is 0.0251. The van der Waals surface area contributed by atoms with E-state index >= 15 is 0 Å². The van der Waals surface area contributed by atoms with Crippen LogP contribution in [-0.4, -0.2) is 47.5 Å². The third-order valence-corrected chi connectivity index (χ3v) is 8.62. The Morgan fingerprint density at radius 3 is 2.55 bits per heavy atom. The summed E-state index contributed by atoms with van der Waals surface area (Å²) in [6, 6.07) is 18.8. The highest BCUT2D eigenvalue weighted by molar-refractivity contribution is 6.32. The number of carbonyl (C=O) groups is 2. The standard InChI is InChI=1S/C32H36Cl2N4O2/c1-21(20-35)37-31(40)32(2)15-13-26(28(19-32)22-7-10-24(33)11-8-22)27-12-9-23(18-29(27)34)30(39)38(3)17-14-25-6-4-5-16-36-25/h4-12,16,18,20-21,26,28,35H,13-15,17,19H2,1-3H3,(H,37,40)/t21-,26+,28+,32-/m1/s1. The van der Waals surface area contributed by atoms with Crippen molar-refractivity contribution in [1.29, 1.82) is 5.41 Å². The van der Waals surface area contributed by atoms with Gasteiger partial charge in [0, 0.05) is 59.1 Å². The number of nitrogens with zero attached hydrogens (tertiary/aromatic N) is 2. The van der Waals surface area contributed by atoms with E-state index in [4.69, 9.17) is 28.6 Å². The number of hydrogen-bond donors (Lipinski definition) is 2. The molecule has 0 bridgehead atoms. The predicted molar refractivity (Wildman–Crippen MR) is 162 cm³/mol. The van der Waals surface area contributed by atoms with Crippen LogP contribution in [0.1, 0.15) is 72.1 Å². The molecular weight excluding hydrogens is 543 g/mol. The first-order valence-corrected chi connectivity index (χ1v) is 14.4. The van der Waals surface area contributed by atoms with Gasteiger partial charge in [-0.25, -0.2) is 0 Å². The largest absolute Gasteiger partial charge is 0.348 e. The minimum Gasteiger partial charge on any atom is -0.348 e. The molecule has 1 aromatic heterocycles. The van der Waals surface area contributed by atoms with E-state index in [0.29, 0.717) is 41.4 Å². The maximum absolute atomic E-state index is 13.2. The fraction of sp³-hybridized carbons (Fsp3) is 0.375. The molecule has 2 N–H and O–H groups in total. The molecule has 40 heavy (non-hydrogen) atoms. The third kappa shape index (κ3) is 6.91. The van der Waals surface area contributed by atoms with Gasteiger partial charge in [0.1, 0.15) is 0 Å². The summed E-state index contributed by atoms with van der Waals surface area (Å²) in [6.45, 7) is 4.35. The average molecular weight is 580 g/mol. The van der Waals surface area contributed by atoms with Crippen LogP contribution in [-0.2, 0) is 11.2 Å². The molecular formula is C32H36Cl2N4O2. The van der Waals surface area contributed by atoms with Gasteiger partial charge in [0.2, 0.25) is 5.91 Å². The highest BCUT2D eigenvalue weighted by atomic mass is 35.5. The third-order valence-electron chi connectivity index (χ3n) is 8.04. The summed E-state index contributed by atoms with van der Waals surface area (Å²) in [6.07, 6.45) is 5.73. The molecule has 0 aliphatic heterocycles. The van der Waals surface area contributed by atoms with Crippen molar-refractivity contribution in [2.45, 2.75) is 57.4 Å². The van der Waals surface area contributed by atoms with Gasteiger partial charge < -0.3 is 15.6 Å². The molecule has 8 heteroatoms. The monoisotopic (exact) mass is 578 g/mol. The molecule has 2 amide bonds. The van der Waals surface area contributed by atoms with Gasteiger partial charge in [0.15, 0.2) is 0 Å². The van der Waals surface area contributed by atoms with E-state index in [-0.39, 0.29) is 29.7 Å². The first-order chi connectivity index (χ1) is 19.1. The van der Waals surface area contributed by atoms with E-state index < -0.39 is 5.41 Å². The molecule has 1 aliphatic carbocycles. The van der Waals surface area contributed by atoms with Gasteiger partial charge >= 0.3 is 0 Å². The lowest BCUT2D eigenvalue weighted by molar-refractivity contribution is -0.132. The van der Waals surface area contributed by atoms with Gasteiger partial charge in [0.05, 0.1) is 6.04 Å². The lowest BCUT2D eigenvalue weighted by Gasteiger charge is -2.43. The summed E-state index contributed by atoms with van der Waals surface area (Å²) >= 11 is 13.1. The topological polar surface area (TPSA) is 86.2 Å². The summed E-state index contributed by atoms with van der Waals surface area (Å²) in [4.78, 5) is 32.4. The summed E-state index contributed by atoms with van der Waals surface area (Å²) in [5, 5.41) is 11.7. The summed E-state index contributed by atoms with van der Waals surface area (Å²) in [5.74, 6) is -0.0357. The minimum atomic E-state index is -0.587. The van der Waals surface area contributed by atoms with E-state index in [1.165, 1.54) is 6.21 Å². The molecule has 1 fully saturated rings. The van der Waals surface area contributed by atoms with E-state index in [9.17, 15) is 9.59 Å². The molecule has 210 valence electrons.